The van der Waals surface area contributed by atoms with Gasteiger partial charge in [-0.2, -0.15) is 0 Å². The lowest BCUT2D eigenvalue weighted by molar-refractivity contribution is 0.0642. The maximum absolute atomic E-state index is 12.3. The molecule has 1 amide bonds. The molecule has 0 spiro atoms. The Morgan fingerprint density at radius 2 is 2.00 bits per heavy atom. The number of amides is 1. The minimum atomic E-state index is 0.0119. The Morgan fingerprint density at radius 3 is 2.63 bits per heavy atom. The van der Waals surface area contributed by atoms with E-state index in [9.17, 15) is 4.79 Å². The minimum Gasteiger partial charge on any atom is -0.360 e. The molecular weight excluding hydrogens is 262 g/mol. The molecule has 2 heterocycles. The monoisotopic (exact) mass is 283 g/mol. The molecule has 0 radical (unpaired) electrons. The molecule has 0 unspecified atom stereocenters. The van der Waals surface area contributed by atoms with Crippen LogP contribution in [0.2, 0.25) is 0 Å². The standard InChI is InChI=1S/C12H21N5OS/c1-3-5-13-12-15-14-10(19-12)11(18)17-8-6-16(4-2)7-9-17/h3-9H2,1-2H3,(H,13,15). The summed E-state index contributed by atoms with van der Waals surface area (Å²) in [5, 5.41) is 12.4. The Bertz CT molecular complexity index is 414. The third-order valence-corrected chi connectivity index (χ3v) is 4.11. The number of aromatic nitrogens is 2. The highest BCUT2D eigenvalue weighted by atomic mass is 32.1. The quantitative estimate of drug-likeness (QED) is 0.878. The number of hydrogen-bond acceptors (Lipinski definition) is 6. The summed E-state index contributed by atoms with van der Waals surface area (Å²) in [6.45, 7) is 9.60. The number of anilines is 1. The van der Waals surface area contributed by atoms with Gasteiger partial charge in [-0.05, 0) is 13.0 Å². The highest BCUT2D eigenvalue weighted by molar-refractivity contribution is 7.17. The summed E-state index contributed by atoms with van der Waals surface area (Å²) in [5.74, 6) is 0.0119. The van der Waals surface area contributed by atoms with E-state index in [1.54, 1.807) is 0 Å². The predicted molar refractivity (Wildman–Crippen MR) is 76.7 cm³/mol. The van der Waals surface area contributed by atoms with Gasteiger partial charge in [0, 0.05) is 32.7 Å². The molecule has 2 rings (SSSR count). The summed E-state index contributed by atoms with van der Waals surface area (Å²) in [6.07, 6.45) is 1.03. The third kappa shape index (κ3) is 3.63. The molecule has 1 N–H and O–H groups in total. The van der Waals surface area contributed by atoms with Gasteiger partial charge in [0.1, 0.15) is 0 Å². The smallest absolute Gasteiger partial charge is 0.284 e. The second kappa shape index (κ2) is 6.81. The van der Waals surface area contributed by atoms with Gasteiger partial charge < -0.3 is 15.1 Å². The van der Waals surface area contributed by atoms with Gasteiger partial charge in [0.05, 0.1) is 0 Å². The zero-order chi connectivity index (χ0) is 13.7. The average molecular weight is 283 g/mol. The topological polar surface area (TPSA) is 61.4 Å². The van der Waals surface area contributed by atoms with Crippen molar-refractivity contribution in [1.29, 1.82) is 0 Å². The maximum Gasteiger partial charge on any atom is 0.284 e. The van der Waals surface area contributed by atoms with Gasteiger partial charge in [-0.3, -0.25) is 4.79 Å². The third-order valence-electron chi connectivity index (χ3n) is 3.24. The molecule has 0 saturated carbocycles. The van der Waals surface area contributed by atoms with Gasteiger partial charge in [-0.25, -0.2) is 0 Å². The second-order valence-corrected chi connectivity index (χ2v) is 5.54. The molecule has 0 atom stereocenters. The number of nitrogens with zero attached hydrogens (tertiary/aromatic N) is 4. The average Bonchev–Trinajstić information content (AvgIpc) is 2.93. The van der Waals surface area contributed by atoms with Gasteiger partial charge in [0.25, 0.3) is 5.91 Å². The zero-order valence-corrected chi connectivity index (χ0v) is 12.4. The van der Waals surface area contributed by atoms with Crippen LogP contribution in [0.4, 0.5) is 5.13 Å². The lowest BCUT2D eigenvalue weighted by atomic mass is 10.3. The van der Waals surface area contributed by atoms with Crippen LogP contribution in [0.5, 0.6) is 0 Å². The fourth-order valence-electron chi connectivity index (χ4n) is 2.02. The summed E-state index contributed by atoms with van der Waals surface area (Å²) < 4.78 is 0. The molecule has 1 aliphatic rings. The van der Waals surface area contributed by atoms with Gasteiger partial charge in [0.15, 0.2) is 0 Å². The number of piperazine rings is 1. The van der Waals surface area contributed by atoms with E-state index < -0.39 is 0 Å². The fourth-order valence-corrected chi connectivity index (χ4v) is 2.75. The van der Waals surface area contributed by atoms with Crippen LogP contribution in [-0.4, -0.2) is 65.2 Å². The van der Waals surface area contributed by atoms with Crippen LogP contribution in [0.1, 0.15) is 30.1 Å². The summed E-state index contributed by atoms with van der Waals surface area (Å²) in [4.78, 5) is 16.5. The maximum atomic E-state index is 12.3. The highest BCUT2D eigenvalue weighted by Gasteiger charge is 2.24. The molecule has 1 aliphatic heterocycles. The predicted octanol–water partition coefficient (Wildman–Crippen LogP) is 1.14. The summed E-state index contributed by atoms with van der Waals surface area (Å²) in [5.41, 5.74) is 0. The number of likely N-dealkylation sites (N-methyl/N-ethyl adjacent to an activating group) is 1. The minimum absolute atomic E-state index is 0.0119. The first-order chi connectivity index (χ1) is 9.24. The first kappa shape index (κ1) is 14.2. The normalized spacial score (nSPS) is 16.6. The molecule has 0 aliphatic carbocycles. The largest absolute Gasteiger partial charge is 0.360 e. The molecule has 0 aromatic carbocycles. The molecule has 0 bridgehead atoms. The number of rotatable bonds is 5. The molecular formula is C12H21N5OS. The van der Waals surface area contributed by atoms with Crippen LogP contribution in [0, 0.1) is 0 Å². The first-order valence-electron chi connectivity index (χ1n) is 6.83. The van der Waals surface area contributed by atoms with Crippen molar-refractivity contribution in [2.45, 2.75) is 20.3 Å². The van der Waals surface area contributed by atoms with Crippen molar-refractivity contribution in [1.82, 2.24) is 20.0 Å². The summed E-state index contributed by atoms with van der Waals surface area (Å²) >= 11 is 1.34. The highest BCUT2D eigenvalue weighted by Crippen LogP contribution is 2.17. The van der Waals surface area contributed by atoms with E-state index >= 15 is 0 Å². The van der Waals surface area contributed by atoms with Gasteiger partial charge in [-0.15, -0.1) is 10.2 Å². The molecule has 1 fully saturated rings. The molecule has 6 nitrogen and oxygen atoms in total. The van der Waals surface area contributed by atoms with Crippen LogP contribution in [-0.2, 0) is 0 Å². The van der Waals surface area contributed by atoms with Crippen LogP contribution in [0.25, 0.3) is 0 Å². The second-order valence-electron chi connectivity index (χ2n) is 4.57. The van der Waals surface area contributed by atoms with Gasteiger partial charge >= 0.3 is 0 Å². The summed E-state index contributed by atoms with van der Waals surface area (Å²) in [6, 6.07) is 0. The Hall–Kier alpha value is -1.21. The number of carbonyl (C=O) groups is 1. The van der Waals surface area contributed by atoms with Crippen LogP contribution >= 0.6 is 11.3 Å². The van der Waals surface area contributed by atoms with E-state index in [1.165, 1.54) is 11.3 Å². The van der Waals surface area contributed by atoms with Crippen LogP contribution in [0.3, 0.4) is 0 Å². The molecule has 19 heavy (non-hydrogen) atoms. The van der Waals surface area contributed by atoms with E-state index in [0.717, 1.165) is 50.8 Å². The molecule has 7 heteroatoms. The number of carbonyl (C=O) groups excluding carboxylic acids is 1. The van der Waals surface area contributed by atoms with Crippen molar-refractivity contribution in [3.05, 3.63) is 5.01 Å². The molecule has 1 saturated heterocycles. The van der Waals surface area contributed by atoms with Crippen molar-refractivity contribution >= 4 is 22.4 Å². The molecule has 106 valence electrons. The van der Waals surface area contributed by atoms with E-state index in [2.05, 4.69) is 34.3 Å². The van der Waals surface area contributed by atoms with Gasteiger partial charge in [-0.1, -0.05) is 25.2 Å². The van der Waals surface area contributed by atoms with E-state index in [0.29, 0.717) is 5.01 Å². The Labute approximate surface area is 117 Å². The van der Waals surface area contributed by atoms with E-state index in [-0.39, 0.29) is 5.91 Å². The summed E-state index contributed by atoms with van der Waals surface area (Å²) in [7, 11) is 0. The fraction of sp³-hybridized carbons (Fsp3) is 0.750. The van der Waals surface area contributed by atoms with Crippen molar-refractivity contribution < 1.29 is 4.79 Å². The van der Waals surface area contributed by atoms with Crippen molar-refractivity contribution in [2.24, 2.45) is 0 Å². The van der Waals surface area contributed by atoms with Crippen molar-refractivity contribution in [3.8, 4) is 0 Å². The Kier molecular flexibility index (Phi) is 5.09. The van der Waals surface area contributed by atoms with E-state index in [1.807, 2.05) is 4.90 Å². The lowest BCUT2D eigenvalue weighted by Crippen LogP contribution is -2.48. The van der Waals surface area contributed by atoms with Gasteiger partial charge in [0.2, 0.25) is 10.1 Å². The van der Waals surface area contributed by atoms with Crippen molar-refractivity contribution in [3.63, 3.8) is 0 Å². The SMILES string of the molecule is CCCNc1nnc(C(=O)N2CCN(CC)CC2)s1. The zero-order valence-electron chi connectivity index (χ0n) is 11.6. The van der Waals surface area contributed by atoms with Crippen LogP contribution < -0.4 is 5.32 Å². The lowest BCUT2D eigenvalue weighted by Gasteiger charge is -2.33. The number of nitrogens with one attached hydrogen (secondary N) is 1. The van der Waals surface area contributed by atoms with Crippen LogP contribution in [0.15, 0.2) is 0 Å². The number of hydrogen-bond donors (Lipinski definition) is 1. The molecule has 1 aromatic heterocycles. The Balaban J connectivity index is 1.90. The Morgan fingerprint density at radius 1 is 1.26 bits per heavy atom. The molecule has 1 aromatic rings. The first-order valence-corrected chi connectivity index (χ1v) is 7.65. The van der Waals surface area contributed by atoms with E-state index in [4.69, 9.17) is 0 Å². The van der Waals surface area contributed by atoms with Crippen molar-refractivity contribution in [2.75, 3.05) is 44.6 Å².